The van der Waals surface area contributed by atoms with E-state index in [1.165, 1.54) is 57.8 Å². The highest BCUT2D eigenvalue weighted by molar-refractivity contribution is 5.71. The number of esters is 3. The first-order valence-electron chi connectivity index (χ1n) is 24.3. The lowest BCUT2D eigenvalue weighted by Gasteiger charge is -2.18. The van der Waals surface area contributed by atoms with Crippen LogP contribution in [0.1, 0.15) is 181 Å². The fourth-order valence-electron chi connectivity index (χ4n) is 5.95. The summed E-state index contributed by atoms with van der Waals surface area (Å²) in [5, 5.41) is 0. The summed E-state index contributed by atoms with van der Waals surface area (Å²) in [6.07, 6.45) is 68.8. The number of unbranched alkanes of at least 4 members (excludes halogenated alkanes) is 15. The smallest absolute Gasteiger partial charge is 0.306 e. The van der Waals surface area contributed by atoms with Gasteiger partial charge in [-0.05, 0) is 77.0 Å². The molecule has 0 aliphatic heterocycles. The minimum absolute atomic E-state index is 0.141. The monoisotopic (exact) mass is 855 g/mol. The van der Waals surface area contributed by atoms with Crippen molar-refractivity contribution < 1.29 is 28.6 Å². The lowest BCUT2D eigenvalue weighted by molar-refractivity contribution is -0.166. The highest BCUT2D eigenvalue weighted by atomic mass is 16.6. The van der Waals surface area contributed by atoms with Crippen LogP contribution in [0.5, 0.6) is 0 Å². The van der Waals surface area contributed by atoms with Gasteiger partial charge in [0.2, 0.25) is 0 Å². The number of hydrogen-bond acceptors (Lipinski definition) is 6. The number of carbonyl (C=O) groups excluding carboxylic acids is 3. The molecule has 0 amide bonds. The molecule has 0 radical (unpaired) electrons. The summed E-state index contributed by atoms with van der Waals surface area (Å²) in [6.45, 7) is 6.28. The van der Waals surface area contributed by atoms with Crippen molar-refractivity contribution in [3.8, 4) is 0 Å². The summed E-state index contributed by atoms with van der Waals surface area (Å²) in [5.74, 6) is -1.12. The zero-order valence-electron chi connectivity index (χ0n) is 39.3. The third kappa shape index (κ3) is 46.6. The molecule has 0 aliphatic rings. The fraction of sp³-hybridized carbons (Fsp3) is 0.554. The molecular formula is C56H86O6. The molecule has 0 bridgehead atoms. The lowest BCUT2D eigenvalue weighted by Crippen LogP contribution is -2.30. The molecule has 0 heterocycles. The van der Waals surface area contributed by atoms with Crippen LogP contribution < -0.4 is 0 Å². The van der Waals surface area contributed by atoms with Crippen LogP contribution in [0.3, 0.4) is 0 Å². The van der Waals surface area contributed by atoms with Gasteiger partial charge in [0.15, 0.2) is 6.10 Å². The highest BCUT2D eigenvalue weighted by Crippen LogP contribution is 2.11. The Labute approximate surface area is 379 Å². The van der Waals surface area contributed by atoms with Gasteiger partial charge in [-0.25, -0.2) is 0 Å². The zero-order chi connectivity index (χ0) is 45.1. The molecule has 62 heavy (non-hydrogen) atoms. The molecule has 0 saturated heterocycles. The Morgan fingerprint density at radius 3 is 1.29 bits per heavy atom. The first kappa shape index (κ1) is 57.5. The summed E-state index contributed by atoms with van der Waals surface area (Å²) in [4.78, 5) is 37.8. The molecule has 346 valence electrons. The predicted molar refractivity (Wildman–Crippen MR) is 265 cm³/mol. The molecule has 0 aromatic rings. The van der Waals surface area contributed by atoms with Crippen LogP contribution in [0, 0.1) is 0 Å². The van der Waals surface area contributed by atoms with E-state index in [1.807, 2.05) is 60.8 Å². The van der Waals surface area contributed by atoms with Gasteiger partial charge in [-0.2, -0.15) is 0 Å². The maximum Gasteiger partial charge on any atom is 0.306 e. The minimum atomic E-state index is -0.851. The molecule has 1 unspecified atom stereocenters. The van der Waals surface area contributed by atoms with E-state index in [1.54, 1.807) is 0 Å². The van der Waals surface area contributed by atoms with Crippen LogP contribution >= 0.6 is 0 Å². The van der Waals surface area contributed by atoms with Crippen molar-refractivity contribution in [1.29, 1.82) is 0 Å². The van der Waals surface area contributed by atoms with E-state index in [4.69, 9.17) is 14.2 Å². The van der Waals surface area contributed by atoms with Crippen LogP contribution in [-0.2, 0) is 28.6 Å². The predicted octanol–water partition coefficient (Wildman–Crippen LogP) is 15.9. The van der Waals surface area contributed by atoms with Crippen LogP contribution in [-0.4, -0.2) is 37.2 Å². The number of rotatable bonds is 41. The molecule has 1 atom stereocenters. The molecule has 0 saturated carbocycles. The molecule has 0 aliphatic carbocycles. The topological polar surface area (TPSA) is 78.9 Å². The SMILES string of the molecule is CC/C=C/C=C/C=C/C=C/C=C/CCCC(=O)OC(COC(=O)CC/C=C/C/C=C/CCCCCCCC)COC(=O)CCCCCCC/C=C/C=C/C=C/C=C/CCCCC. The summed E-state index contributed by atoms with van der Waals surface area (Å²) >= 11 is 0. The largest absolute Gasteiger partial charge is 0.462 e. The molecular weight excluding hydrogens is 769 g/mol. The Hall–Kier alpha value is -4.45. The van der Waals surface area contributed by atoms with Crippen molar-refractivity contribution in [2.75, 3.05) is 13.2 Å². The Morgan fingerprint density at radius 1 is 0.355 bits per heavy atom. The zero-order valence-corrected chi connectivity index (χ0v) is 39.3. The normalized spacial score (nSPS) is 13.3. The van der Waals surface area contributed by atoms with Crippen LogP contribution in [0.25, 0.3) is 0 Å². The van der Waals surface area contributed by atoms with E-state index in [9.17, 15) is 14.4 Å². The van der Waals surface area contributed by atoms with Gasteiger partial charge in [0.25, 0.3) is 0 Å². The van der Waals surface area contributed by atoms with Gasteiger partial charge in [0, 0.05) is 19.3 Å². The molecule has 0 N–H and O–H groups in total. The van der Waals surface area contributed by atoms with Gasteiger partial charge in [-0.15, -0.1) is 0 Å². The Balaban J connectivity index is 4.62. The number of allylic oxidation sites excluding steroid dienone is 22. The van der Waals surface area contributed by atoms with Crippen molar-refractivity contribution in [1.82, 2.24) is 0 Å². The van der Waals surface area contributed by atoms with Crippen molar-refractivity contribution in [2.24, 2.45) is 0 Å². The summed E-state index contributed by atoms with van der Waals surface area (Å²) in [6, 6.07) is 0. The van der Waals surface area contributed by atoms with Gasteiger partial charge in [0.05, 0.1) is 0 Å². The highest BCUT2D eigenvalue weighted by Gasteiger charge is 2.19. The first-order chi connectivity index (χ1) is 30.5. The van der Waals surface area contributed by atoms with Gasteiger partial charge in [-0.1, -0.05) is 219 Å². The number of ether oxygens (including phenoxy) is 3. The summed E-state index contributed by atoms with van der Waals surface area (Å²) in [5.41, 5.74) is 0. The number of carbonyl (C=O) groups is 3. The molecule has 0 fully saturated rings. The van der Waals surface area contributed by atoms with E-state index >= 15 is 0 Å². The average Bonchev–Trinajstić information content (AvgIpc) is 3.27. The van der Waals surface area contributed by atoms with Crippen LogP contribution in [0.15, 0.2) is 134 Å². The molecule has 6 nitrogen and oxygen atoms in total. The standard InChI is InChI=1S/C56H86O6/c1-4-7-10-13-16-19-22-25-26-27-28-29-32-34-37-40-43-46-49-55(58)61-52-53(62-56(59)50-47-44-41-38-35-31-24-21-18-15-12-9-6-3)51-60-54(57)48-45-42-39-36-33-30-23-20-17-14-11-8-5-2/h9,12,15-16,18-19,21-22,24-31,33,35,38-39,41-42,53H,4-8,10-11,13-14,17,20,23,32,34,36-37,40,43-52H2,1-3H3/b12-9+,18-15+,19-16+,24-21+,25-22+,27-26+,29-28+,33-30+,35-31+,41-38+,42-39+. The second-order valence-corrected chi connectivity index (χ2v) is 15.5. The van der Waals surface area contributed by atoms with Crippen LogP contribution in [0.4, 0.5) is 0 Å². The molecule has 0 aromatic carbocycles. The second-order valence-electron chi connectivity index (χ2n) is 15.5. The third-order valence-electron chi connectivity index (χ3n) is 9.59. The lowest BCUT2D eigenvalue weighted by atomic mass is 10.1. The van der Waals surface area contributed by atoms with Gasteiger partial charge < -0.3 is 14.2 Å². The Kier molecular flexibility index (Phi) is 45.7. The quantitative estimate of drug-likeness (QED) is 0.0200. The minimum Gasteiger partial charge on any atom is -0.462 e. The fourth-order valence-corrected chi connectivity index (χ4v) is 5.95. The van der Waals surface area contributed by atoms with Crippen molar-refractivity contribution in [3.63, 3.8) is 0 Å². The Morgan fingerprint density at radius 2 is 0.742 bits per heavy atom. The van der Waals surface area contributed by atoms with Crippen molar-refractivity contribution >= 4 is 17.9 Å². The third-order valence-corrected chi connectivity index (χ3v) is 9.59. The first-order valence-corrected chi connectivity index (χ1v) is 24.3. The summed E-state index contributed by atoms with van der Waals surface area (Å²) < 4.78 is 16.6. The van der Waals surface area contributed by atoms with Gasteiger partial charge in [-0.3, -0.25) is 14.4 Å². The van der Waals surface area contributed by atoms with E-state index in [0.29, 0.717) is 25.7 Å². The van der Waals surface area contributed by atoms with Crippen LogP contribution in [0.2, 0.25) is 0 Å². The van der Waals surface area contributed by atoms with Gasteiger partial charge >= 0.3 is 17.9 Å². The maximum atomic E-state index is 12.7. The van der Waals surface area contributed by atoms with Gasteiger partial charge in [0.1, 0.15) is 13.2 Å². The maximum absolute atomic E-state index is 12.7. The van der Waals surface area contributed by atoms with E-state index < -0.39 is 12.1 Å². The summed E-state index contributed by atoms with van der Waals surface area (Å²) in [7, 11) is 0. The van der Waals surface area contributed by atoms with E-state index in [0.717, 1.165) is 64.2 Å². The molecule has 0 spiro atoms. The second kappa shape index (κ2) is 49.2. The average molecular weight is 855 g/mol. The van der Waals surface area contributed by atoms with E-state index in [2.05, 4.69) is 93.7 Å². The molecule has 6 heteroatoms. The number of hydrogen-bond donors (Lipinski definition) is 0. The molecule has 0 aromatic heterocycles. The van der Waals surface area contributed by atoms with Crippen molar-refractivity contribution in [3.05, 3.63) is 134 Å². The Bertz CT molecular complexity index is 1400. The molecule has 0 rings (SSSR count). The van der Waals surface area contributed by atoms with E-state index in [-0.39, 0.29) is 38.0 Å². The van der Waals surface area contributed by atoms with Crippen molar-refractivity contribution in [2.45, 2.75) is 187 Å².